The first-order valence-electron chi connectivity index (χ1n) is 7.70. The van der Waals surface area contributed by atoms with Gasteiger partial charge in [0.2, 0.25) is 5.89 Å². The average molecular weight is 323 g/mol. The van der Waals surface area contributed by atoms with E-state index in [2.05, 4.69) is 14.6 Å². The van der Waals surface area contributed by atoms with Gasteiger partial charge in [-0.05, 0) is 19.4 Å². The number of esters is 1. The number of ether oxygens (including phenoxy) is 2. The molecular weight excluding hydrogens is 302 g/mol. The molecule has 3 rings (SSSR count). The fourth-order valence-electron chi connectivity index (χ4n) is 3.21. The lowest BCUT2D eigenvalue weighted by molar-refractivity contribution is 0.0440. The highest BCUT2D eigenvalue weighted by Gasteiger charge is 2.44. The second-order valence-electron chi connectivity index (χ2n) is 6.15. The van der Waals surface area contributed by atoms with Gasteiger partial charge in [-0.25, -0.2) is 14.6 Å². The Morgan fingerprint density at radius 3 is 2.96 bits per heavy atom. The van der Waals surface area contributed by atoms with Crippen molar-refractivity contribution in [2.75, 3.05) is 33.8 Å². The molecule has 0 aliphatic carbocycles. The number of methoxy groups -OCH3 is 1. The van der Waals surface area contributed by atoms with Gasteiger partial charge < -0.3 is 18.8 Å². The number of carbonyl (C=O) groups excluding carboxylic acids is 2. The van der Waals surface area contributed by atoms with Gasteiger partial charge in [0.1, 0.15) is 11.9 Å². The Bertz CT molecular complexity index is 602. The summed E-state index contributed by atoms with van der Waals surface area (Å²) in [5.41, 5.74) is -0.186. The van der Waals surface area contributed by atoms with Crippen LogP contribution in [0.5, 0.6) is 0 Å². The molecule has 2 aliphatic rings. The highest BCUT2D eigenvalue weighted by atomic mass is 16.6. The SMILES string of the molecule is COC(=O)c1coc(CN2CCC[C@]3(CC2)CN(C)C(=O)O3)n1. The Morgan fingerprint density at radius 2 is 2.26 bits per heavy atom. The molecule has 1 atom stereocenters. The number of hydrogen-bond acceptors (Lipinski definition) is 7. The van der Waals surface area contributed by atoms with E-state index < -0.39 is 5.97 Å². The average Bonchev–Trinajstić information content (AvgIpc) is 3.03. The molecule has 1 amide bonds. The number of likely N-dealkylation sites (tertiary alicyclic amines) is 1. The fraction of sp³-hybridized carbons (Fsp3) is 0.667. The number of carbonyl (C=O) groups is 2. The molecule has 2 fully saturated rings. The largest absolute Gasteiger partial charge is 0.464 e. The molecule has 8 nitrogen and oxygen atoms in total. The lowest BCUT2D eigenvalue weighted by Gasteiger charge is -2.25. The summed E-state index contributed by atoms with van der Waals surface area (Å²) in [5, 5.41) is 0. The third kappa shape index (κ3) is 3.31. The van der Waals surface area contributed by atoms with Gasteiger partial charge in [-0.1, -0.05) is 0 Å². The van der Waals surface area contributed by atoms with E-state index in [4.69, 9.17) is 9.15 Å². The van der Waals surface area contributed by atoms with Gasteiger partial charge in [-0.3, -0.25) is 4.90 Å². The number of likely N-dealkylation sites (N-methyl/N-ethyl adjacent to an activating group) is 1. The van der Waals surface area contributed by atoms with Crippen LogP contribution in [0.1, 0.15) is 35.6 Å². The van der Waals surface area contributed by atoms with Crippen LogP contribution in [0.15, 0.2) is 10.7 Å². The van der Waals surface area contributed by atoms with Crippen LogP contribution in [0.25, 0.3) is 0 Å². The van der Waals surface area contributed by atoms with E-state index in [-0.39, 0.29) is 17.4 Å². The molecule has 0 unspecified atom stereocenters. The highest BCUT2D eigenvalue weighted by molar-refractivity contribution is 5.86. The maximum Gasteiger partial charge on any atom is 0.410 e. The number of amides is 1. The summed E-state index contributed by atoms with van der Waals surface area (Å²) in [6, 6.07) is 0. The van der Waals surface area contributed by atoms with Crippen molar-refractivity contribution >= 4 is 12.1 Å². The molecule has 2 saturated heterocycles. The highest BCUT2D eigenvalue weighted by Crippen LogP contribution is 2.32. The molecule has 1 spiro atoms. The number of rotatable bonds is 3. The van der Waals surface area contributed by atoms with Crippen LogP contribution in [-0.4, -0.2) is 66.2 Å². The Labute approximate surface area is 134 Å². The van der Waals surface area contributed by atoms with E-state index in [0.29, 0.717) is 19.0 Å². The molecule has 2 aliphatic heterocycles. The predicted molar refractivity (Wildman–Crippen MR) is 78.8 cm³/mol. The molecule has 1 aromatic rings. The van der Waals surface area contributed by atoms with Crippen LogP contribution >= 0.6 is 0 Å². The number of aromatic nitrogens is 1. The summed E-state index contributed by atoms with van der Waals surface area (Å²) in [6.07, 6.45) is 3.65. The van der Waals surface area contributed by atoms with E-state index >= 15 is 0 Å². The van der Waals surface area contributed by atoms with Gasteiger partial charge in [-0.2, -0.15) is 0 Å². The van der Waals surface area contributed by atoms with Gasteiger partial charge >= 0.3 is 12.1 Å². The first kappa shape index (κ1) is 15.8. The zero-order valence-electron chi connectivity index (χ0n) is 13.4. The van der Waals surface area contributed by atoms with Crippen molar-refractivity contribution in [3.8, 4) is 0 Å². The minimum absolute atomic E-state index is 0.181. The molecule has 1 aromatic heterocycles. The zero-order chi connectivity index (χ0) is 16.4. The summed E-state index contributed by atoms with van der Waals surface area (Å²) >= 11 is 0. The quantitative estimate of drug-likeness (QED) is 0.774. The molecule has 3 heterocycles. The van der Waals surface area contributed by atoms with Crippen LogP contribution in [0.3, 0.4) is 0 Å². The molecule has 23 heavy (non-hydrogen) atoms. The normalized spacial score (nSPS) is 25.5. The molecular formula is C15H21N3O5. The number of hydrogen-bond donors (Lipinski definition) is 0. The van der Waals surface area contributed by atoms with Crippen LogP contribution in [0, 0.1) is 0 Å². The van der Waals surface area contributed by atoms with E-state index in [1.54, 1.807) is 11.9 Å². The molecule has 0 N–H and O–H groups in total. The van der Waals surface area contributed by atoms with Crippen molar-refractivity contribution in [2.24, 2.45) is 0 Å². The zero-order valence-corrected chi connectivity index (χ0v) is 13.4. The van der Waals surface area contributed by atoms with Crippen molar-refractivity contribution < 1.29 is 23.5 Å². The standard InChI is InChI=1S/C15H21N3O5/c1-17-10-15(23-14(17)20)4-3-6-18(7-5-15)8-12-16-11(9-22-12)13(19)21-2/h9H,3-8,10H2,1-2H3/t15-/m0/s1. The van der Waals surface area contributed by atoms with Crippen molar-refractivity contribution in [2.45, 2.75) is 31.4 Å². The van der Waals surface area contributed by atoms with Crippen molar-refractivity contribution in [3.63, 3.8) is 0 Å². The summed E-state index contributed by atoms with van der Waals surface area (Å²) in [7, 11) is 3.08. The topological polar surface area (TPSA) is 85.1 Å². The van der Waals surface area contributed by atoms with Crippen LogP contribution < -0.4 is 0 Å². The van der Waals surface area contributed by atoms with Crippen LogP contribution in [-0.2, 0) is 16.0 Å². The molecule has 0 saturated carbocycles. The minimum Gasteiger partial charge on any atom is -0.464 e. The molecule has 8 heteroatoms. The molecule has 0 bridgehead atoms. The van der Waals surface area contributed by atoms with E-state index in [9.17, 15) is 9.59 Å². The van der Waals surface area contributed by atoms with Gasteiger partial charge in [0, 0.05) is 20.0 Å². The Hall–Kier alpha value is -2.09. The third-order valence-corrected chi connectivity index (χ3v) is 4.44. The minimum atomic E-state index is -0.504. The first-order valence-corrected chi connectivity index (χ1v) is 7.70. The second-order valence-corrected chi connectivity index (χ2v) is 6.15. The van der Waals surface area contributed by atoms with Gasteiger partial charge in [0.15, 0.2) is 5.69 Å². The first-order chi connectivity index (χ1) is 11.0. The summed E-state index contributed by atoms with van der Waals surface area (Å²) in [5.74, 6) is -0.0161. The summed E-state index contributed by atoms with van der Waals surface area (Å²) in [4.78, 5) is 31.0. The fourth-order valence-corrected chi connectivity index (χ4v) is 3.21. The molecule has 0 aromatic carbocycles. The number of oxazole rings is 1. The maximum absolute atomic E-state index is 11.6. The van der Waals surface area contributed by atoms with Crippen molar-refractivity contribution in [3.05, 3.63) is 17.8 Å². The lowest BCUT2D eigenvalue weighted by atomic mass is 9.95. The molecule has 126 valence electrons. The summed E-state index contributed by atoms with van der Waals surface area (Å²) in [6.45, 7) is 2.83. The Balaban J connectivity index is 1.59. The monoisotopic (exact) mass is 323 g/mol. The van der Waals surface area contributed by atoms with Gasteiger partial charge in [0.05, 0.1) is 20.2 Å². The van der Waals surface area contributed by atoms with E-state index in [1.165, 1.54) is 13.4 Å². The van der Waals surface area contributed by atoms with Gasteiger partial charge in [-0.15, -0.1) is 0 Å². The predicted octanol–water partition coefficient (Wildman–Crippen LogP) is 1.27. The lowest BCUT2D eigenvalue weighted by Crippen LogP contribution is -2.35. The van der Waals surface area contributed by atoms with Gasteiger partial charge in [0.25, 0.3) is 0 Å². The van der Waals surface area contributed by atoms with Crippen LogP contribution in [0.2, 0.25) is 0 Å². The van der Waals surface area contributed by atoms with E-state index in [0.717, 1.165) is 32.4 Å². The summed E-state index contributed by atoms with van der Waals surface area (Å²) < 4.78 is 15.5. The maximum atomic E-state index is 11.6. The van der Waals surface area contributed by atoms with Crippen LogP contribution in [0.4, 0.5) is 4.79 Å². The second kappa shape index (κ2) is 6.19. The molecule has 0 radical (unpaired) electrons. The Morgan fingerprint density at radius 1 is 1.43 bits per heavy atom. The van der Waals surface area contributed by atoms with Crippen molar-refractivity contribution in [1.29, 1.82) is 0 Å². The van der Waals surface area contributed by atoms with Crippen molar-refractivity contribution in [1.82, 2.24) is 14.8 Å². The Kier molecular flexibility index (Phi) is 4.25. The third-order valence-electron chi connectivity index (χ3n) is 4.44. The smallest absolute Gasteiger partial charge is 0.410 e. The van der Waals surface area contributed by atoms with E-state index in [1.807, 2.05) is 0 Å². The number of nitrogens with zero attached hydrogens (tertiary/aromatic N) is 3.